The van der Waals surface area contributed by atoms with E-state index in [1.54, 1.807) is 12.1 Å². The van der Waals surface area contributed by atoms with E-state index in [-0.39, 0.29) is 11.4 Å². The molecular formula is C14H15ClN2O. The lowest BCUT2D eigenvalue weighted by Crippen LogP contribution is -2.40. The van der Waals surface area contributed by atoms with Crippen LogP contribution in [-0.4, -0.2) is 16.4 Å². The Kier molecular flexibility index (Phi) is 3.26. The summed E-state index contributed by atoms with van der Waals surface area (Å²) in [4.78, 5) is 16.4. The van der Waals surface area contributed by atoms with Crippen LogP contribution in [0.2, 0.25) is 5.15 Å². The Morgan fingerprint density at radius 2 is 1.94 bits per heavy atom. The van der Waals surface area contributed by atoms with E-state index in [0.29, 0.717) is 16.2 Å². The summed E-state index contributed by atoms with van der Waals surface area (Å²) >= 11 is 5.89. The number of carbonyl (C=O) groups excluding carboxylic acids is 1. The number of hydrogen-bond acceptors (Lipinski definition) is 2. The minimum absolute atomic E-state index is 0.136. The molecule has 1 amide bonds. The van der Waals surface area contributed by atoms with Crippen LogP contribution >= 0.6 is 11.6 Å². The third-order valence-electron chi connectivity index (χ3n) is 2.42. The van der Waals surface area contributed by atoms with Gasteiger partial charge in [-0.2, -0.15) is 0 Å². The molecule has 1 heterocycles. The average Bonchev–Trinajstić information content (AvgIpc) is 2.25. The largest absolute Gasteiger partial charge is 0.347 e. The Balaban J connectivity index is 2.51. The zero-order chi connectivity index (χ0) is 13.3. The van der Waals surface area contributed by atoms with Gasteiger partial charge in [0.2, 0.25) is 0 Å². The smallest absolute Gasteiger partial charge is 0.253 e. The fourth-order valence-electron chi connectivity index (χ4n) is 1.71. The number of pyridine rings is 1. The third-order valence-corrected chi connectivity index (χ3v) is 2.63. The molecule has 0 saturated carbocycles. The highest BCUT2D eigenvalue weighted by atomic mass is 35.5. The maximum Gasteiger partial charge on any atom is 0.253 e. The first-order chi connectivity index (χ1) is 8.37. The highest BCUT2D eigenvalue weighted by Crippen LogP contribution is 2.19. The van der Waals surface area contributed by atoms with E-state index in [1.807, 2.05) is 39.0 Å². The second-order valence-corrected chi connectivity index (χ2v) is 5.60. The maximum absolute atomic E-state index is 12.2. The lowest BCUT2D eigenvalue weighted by Gasteiger charge is -2.20. The molecule has 0 radical (unpaired) electrons. The van der Waals surface area contributed by atoms with Gasteiger partial charge in [0.05, 0.1) is 11.1 Å². The van der Waals surface area contributed by atoms with E-state index in [4.69, 9.17) is 11.6 Å². The predicted molar refractivity (Wildman–Crippen MR) is 74.0 cm³/mol. The van der Waals surface area contributed by atoms with Crippen LogP contribution in [0.25, 0.3) is 10.9 Å². The van der Waals surface area contributed by atoms with Gasteiger partial charge in [0, 0.05) is 10.9 Å². The Labute approximate surface area is 111 Å². The van der Waals surface area contributed by atoms with Crippen LogP contribution in [-0.2, 0) is 0 Å². The van der Waals surface area contributed by atoms with Gasteiger partial charge >= 0.3 is 0 Å². The van der Waals surface area contributed by atoms with Gasteiger partial charge in [-0.1, -0.05) is 23.7 Å². The Morgan fingerprint density at radius 3 is 2.61 bits per heavy atom. The van der Waals surface area contributed by atoms with Gasteiger partial charge in [0.1, 0.15) is 5.15 Å². The molecule has 94 valence electrons. The number of amides is 1. The summed E-state index contributed by atoms with van der Waals surface area (Å²) in [6.07, 6.45) is 0. The van der Waals surface area contributed by atoms with Crippen molar-refractivity contribution in [2.75, 3.05) is 0 Å². The topological polar surface area (TPSA) is 42.0 Å². The number of nitrogens with one attached hydrogen (secondary N) is 1. The van der Waals surface area contributed by atoms with Crippen molar-refractivity contribution in [3.63, 3.8) is 0 Å². The van der Waals surface area contributed by atoms with Crippen LogP contribution in [0, 0.1) is 0 Å². The van der Waals surface area contributed by atoms with Gasteiger partial charge in [0.15, 0.2) is 0 Å². The second-order valence-electron chi connectivity index (χ2n) is 5.22. The number of nitrogens with zero attached hydrogens (tertiary/aromatic N) is 1. The maximum atomic E-state index is 12.2. The summed E-state index contributed by atoms with van der Waals surface area (Å²) in [5.74, 6) is -0.136. The molecule has 2 aromatic rings. The van der Waals surface area contributed by atoms with Crippen LogP contribution in [0.4, 0.5) is 0 Å². The SMILES string of the molecule is CC(C)(C)NC(=O)c1cccc2ccc(Cl)nc12. The number of benzene rings is 1. The van der Waals surface area contributed by atoms with Crippen molar-refractivity contribution >= 4 is 28.4 Å². The van der Waals surface area contributed by atoms with E-state index in [2.05, 4.69) is 10.3 Å². The molecule has 0 spiro atoms. The zero-order valence-corrected chi connectivity index (χ0v) is 11.4. The summed E-state index contributed by atoms with van der Waals surface area (Å²) < 4.78 is 0. The molecule has 0 atom stereocenters. The summed E-state index contributed by atoms with van der Waals surface area (Å²) in [5.41, 5.74) is 0.898. The number of halogens is 1. The average molecular weight is 263 g/mol. The minimum atomic E-state index is -0.280. The highest BCUT2D eigenvalue weighted by Gasteiger charge is 2.17. The molecule has 0 aliphatic heterocycles. The van der Waals surface area contributed by atoms with E-state index in [1.165, 1.54) is 0 Å². The van der Waals surface area contributed by atoms with E-state index < -0.39 is 0 Å². The molecule has 0 saturated heterocycles. The quantitative estimate of drug-likeness (QED) is 0.800. The number of hydrogen-bond donors (Lipinski definition) is 1. The van der Waals surface area contributed by atoms with Crippen molar-refractivity contribution in [3.8, 4) is 0 Å². The van der Waals surface area contributed by atoms with E-state index in [0.717, 1.165) is 5.39 Å². The van der Waals surface area contributed by atoms with Crippen LogP contribution in [0.1, 0.15) is 31.1 Å². The summed E-state index contributed by atoms with van der Waals surface area (Å²) in [5, 5.41) is 4.22. The summed E-state index contributed by atoms with van der Waals surface area (Å²) in [7, 11) is 0. The third kappa shape index (κ3) is 2.79. The number of carbonyl (C=O) groups is 1. The van der Waals surface area contributed by atoms with Gasteiger partial charge in [-0.25, -0.2) is 4.98 Å². The van der Waals surface area contributed by atoms with Crippen molar-refractivity contribution < 1.29 is 4.79 Å². The molecule has 1 aromatic carbocycles. The molecule has 1 N–H and O–H groups in total. The fourth-order valence-corrected chi connectivity index (χ4v) is 1.86. The van der Waals surface area contributed by atoms with Crippen molar-refractivity contribution in [3.05, 3.63) is 41.0 Å². The molecule has 0 aliphatic rings. The predicted octanol–water partition coefficient (Wildman–Crippen LogP) is 3.42. The molecule has 0 aliphatic carbocycles. The van der Waals surface area contributed by atoms with Crippen molar-refractivity contribution in [2.24, 2.45) is 0 Å². The molecule has 4 heteroatoms. The molecule has 0 fully saturated rings. The normalized spacial score (nSPS) is 11.6. The summed E-state index contributed by atoms with van der Waals surface area (Å²) in [6.45, 7) is 5.82. The first kappa shape index (κ1) is 12.8. The molecule has 1 aromatic heterocycles. The number of aromatic nitrogens is 1. The van der Waals surface area contributed by atoms with Crippen molar-refractivity contribution in [1.29, 1.82) is 0 Å². The Morgan fingerprint density at radius 1 is 1.22 bits per heavy atom. The lowest BCUT2D eigenvalue weighted by molar-refractivity contribution is 0.0921. The van der Waals surface area contributed by atoms with Crippen LogP contribution in [0.5, 0.6) is 0 Å². The van der Waals surface area contributed by atoms with Crippen LogP contribution in [0.3, 0.4) is 0 Å². The van der Waals surface area contributed by atoms with Crippen LogP contribution < -0.4 is 5.32 Å². The standard InChI is InChI=1S/C14H15ClN2O/c1-14(2,3)17-13(18)10-6-4-5-9-7-8-11(15)16-12(9)10/h4-8H,1-3H3,(H,17,18). The van der Waals surface area contributed by atoms with E-state index >= 15 is 0 Å². The lowest BCUT2D eigenvalue weighted by atomic mass is 10.1. The second kappa shape index (κ2) is 4.58. The van der Waals surface area contributed by atoms with Gasteiger partial charge in [-0.15, -0.1) is 0 Å². The number of para-hydroxylation sites is 1. The highest BCUT2D eigenvalue weighted by molar-refractivity contribution is 6.30. The monoisotopic (exact) mass is 262 g/mol. The van der Waals surface area contributed by atoms with Gasteiger partial charge in [0.25, 0.3) is 5.91 Å². The first-order valence-corrected chi connectivity index (χ1v) is 6.12. The van der Waals surface area contributed by atoms with Gasteiger partial charge < -0.3 is 5.32 Å². The molecule has 0 bridgehead atoms. The summed E-state index contributed by atoms with van der Waals surface area (Å²) in [6, 6.07) is 9.09. The fraction of sp³-hybridized carbons (Fsp3) is 0.286. The van der Waals surface area contributed by atoms with Gasteiger partial charge in [-0.3, -0.25) is 4.79 Å². The molecule has 0 unspecified atom stereocenters. The van der Waals surface area contributed by atoms with Crippen molar-refractivity contribution in [2.45, 2.75) is 26.3 Å². The Hall–Kier alpha value is -1.61. The Bertz CT molecular complexity index is 602. The number of rotatable bonds is 1. The van der Waals surface area contributed by atoms with Crippen molar-refractivity contribution in [1.82, 2.24) is 10.3 Å². The first-order valence-electron chi connectivity index (χ1n) is 5.75. The van der Waals surface area contributed by atoms with Crippen LogP contribution in [0.15, 0.2) is 30.3 Å². The molecule has 2 rings (SSSR count). The van der Waals surface area contributed by atoms with E-state index in [9.17, 15) is 4.79 Å². The molecule has 3 nitrogen and oxygen atoms in total. The minimum Gasteiger partial charge on any atom is -0.347 e. The zero-order valence-electron chi connectivity index (χ0n) is 10.6. The molecular weight excluding hydrogens is 248 g/mol. The molecule has 18 heavy (non-hydrogen) atoms. The number of fused-ring (bicyclic) bond motifs is 1. The van der Waals surface area contributed by atoms with Gasteiger partial charge in [-0.05, 0) is 39.0 Å².